The number of carbonyl (C=O) groups is 3. The van der Waals surface area contributed by atoms with E-state index in [2.05, 4.69) is 10.6 Å². The number of fused-ring (bicyclic) bond motifs is 1. The monoisotopic (exact) mass is 416 g/mol. The van der Waals surface area contributed by atoms with Gasteiger partial charge in [-0.05, 0) is 55.3 Å². The number of ether oxygens (including phenoxy) is 2. The summed E-state index contributed by atoms with van der Waals surface area (Å²) in [5.41, 5.74) is 1.70. The molecule has 2 amide bonds. The molecule has 2 aromatic carbocycles. The van der Waals surface area contributed by atoms with Crippen molar-refractivity contribution in [2.45, 2.75) is 13.3 Å². The van der Waals surface area contributed by atoms with Crippen molar-refractivity contribution in [3.8, 4) is 5.75 Å². The maximum atomic E-state index is 12.3. The van der Waals surface area contributed by atoms with E-state index in [0.29, 0.717) is 35.0 Å². The second kappa shape index (κ2) is 9.43. The third-order valence-corrected chi connectivity index (χ3v) is 4.59. The molecule has 1 heterocycles. The summed E-state index contributed by atoms with van der Waals surface area (Å²) in [4.78, 5) is 36.3. The SMILES string of the molecule is CCNC(=O)c1cccc(NC(=O)COC(=O)C2COc3ccc(Cl)cc3C2)c1. The molecule has 1 aliphatic heterocycles. The Morgan fingerprint density at radius 1 is 1.21 bits per heavy atom. The molecular formula is C21H21ClN2O5. The van der Waals surface area contributed by atoms with Crippen LogP contribution in [0.4, 0.5) is 5.69 Å². The van der Waals surface area contributed by atoms with Gasteiger partial charge in [0.2, 0.25) is 0 Å². The van der Waals surface area contributed by atoms with Gasteiger partial charge in [0, 0.05) is 22.8 Å². The zero-order valence-electron chi connectivity index (χ0n) is 15.9. The molecule has 1 aliphatic rings. The highest BCUT2D eigenvalue weighted by atomic mass is 35.5. The molecule has 3 rings (SSSR count). The highest BCUT2D eigenvalue weighted by molar-refractivity contribution is 6.30. The summed E-state index contributed by atoms with van der Waals surface area (Å²) in [6.07, 6.45) is 0.435. The summed E-state index contributed by atoms with van der Waals surface area (Å²) in [5.74, 6) is -1.04. The lowest BCUT2D eigenvalue weighted by Crippen LogP contribution is -2.32. The molecule has 0 aliphatic carbocycles. The first-order valence-electron chi connectivity index (χ1n) is 9.22. The van der Waals surface area contributed by atoms with Crippen molar-refractivity contribution >= 4 is 35.1 Å². The standard InChI is InChI=1S/C21H21ClN2O5/c1-2-23-20(26)13-4-3-5-17(10-13)24-19(25)12-29-21(27)15-8-14-9-16(22)6-7-18(14)28-11-15/h3-7,9-10,15H,2,8,11-12H2,1H3,(H,23,26)(H,24,25). The van der Waals surface area contributed by atoms with Crippen LogP contribution in [0.2, 0.25) is 5.02 Å². The average Bonchev–Trinajstić information content (AvgIpc) is 2.71. The quantitative estimate of drug-likeness (QED) is 0.706. The Morgan fingerprint density at radius 2 is 2.03 bits per heavy atom. The van der Waals surface area contributed by atoms with Gasteiger partial charge in [0.1, 0.15) is 12.4 Å². The number of carbonyl (C=O) groups excluding carboxylic acids is 3. The van der Waals surface area contributed by atoms with Crippen LogP contribution in [0.5, 0.6) is 5.75 Å². The summed E-state index contributed by atoms with van der Waals surface area (Å²) in [6.45, 7) is 2.09. The molecule has 8 heteroatoms. The third-order valence-electron chi connectivity index (χ3n) is 4.35. The molecule has 0 saturated heterocycles. The van der Waals surface area contributed by atoms with Crippen LogP contribution in [0.1, 0.15) is 22.8 Å². The highest BCUT2D eigenvalue weighted by Gasteiger charge is 2.28. The van der Waals surface area contributed by atoms with Crippen LogP contribution >= 0.6 is 11.6 Å². The molecule has 2 aromatic rings. The Balaban J connectivity index is 1.51. The molecule has 0 bridgehead atoms. The van der Waals surface area contributed by atoms with Gasteiger partial charge in [0.05, 0.1) is 5.92 Å². The van der Waals surface area contributed by atoms with E-state index in [1.54, 1.807) is 42.5 Å². The van der Waals surface area contributed by atoms with E-state index < -0.39 is 24.4 Å². The summed E-state index contributed by atoms with van der Waals surface area (Å²) in [5, 5.41) is 5.87. The van der Waals surface area contributed by atoms with Crippen molar-refractivity contribution < 1.29 is 23.9 Å². The largest absolute Gasteiger partial charge is 0.492 e. The lowest BCUT2D eigenvalue weighted by Gasteiger charge is -2.24. The van der Waals surface area contributed by atoms with E-state index in [1.807, 2.05) is 6.92 Å². The van der Waals surface area contributed by atoms with Crippen LogP contribution in [0, 0.1) is 5.92 Å². The van der Waals surface area contributed by atoms with Crippen LogP contribution in [-0.4, -0.2) is 37.5 Å². The fourth-order valence-electron chi connectivity index (χ4n) is 2.97. The van der Waals surface area contributed by atoms with Crippen LogP contribution in [0.3, 0.4) is 0 Å². The van der Waals surface area contributed by atoms with Crippen molar-refractivity contribution in [1.82, 2.24) is 5.32 Å². The van der Waals surface area contributed by atoms with E-state index >= 15 is 0 Å². The van der Waals surface area contributed by atoms with Crippen LogP contribution in [0.25, 0.3) is 0 Å². The second-order valence-corrected chi connectivity index (χ2v) is 7.00. The maximum absolute atomic E-state index is 12.3. The Hall–Kier alpha value is -3.06. The van der Waals surface area contributed by atoms with Gasteiger partial charge in [-0.1, -0.05) is 17.7 Å². The van der Waals surface area contributed by atoms with Crippen molar-refractivity contribution in [3.63, 3.8) is 0 Å². The van der Waals surface area contributed by atoms with Gasteiger partial charge in [-0.3, -0.25) is 14.4 Å². The minimum absolute atomic E-state index is 0.184. The molecule has 7 nitrogen and oxygen atoms in total. The minimum Gasteiger partial charge on any atom is -0.492 e. The molecule has 29 heavy (non-hydrogen) atoms. The minimum atomic E-state index is -0.512. The average molecular weight is 417 g/mol. The number of halogens is 1. The molecule has 1 atom stereocenters. The predicted molar refractivity (Wildman–Crippen MR) is 108 cm³/mol. The number of benzene rings is 2. The van der Waals surface area contributed by atoms with Gasteiger partial charge < -0.3 is 20.1 Å². The number of rotatable bonds is 6. The van der Waals surface area contributed by atoms with E-state index in [0.717, 1.165) is 5.56 Å². The second-order valence-electron chi connectivity index (χ2n) is 6.56. The molecule has 152 valence electrons. The van der Waals surface area contributed by atoms with Crippen molar-refractivity contribution in [3.05, 3.63) is 58.6 Å². The molecule has 1 unspecified atom stereocenters. The summed E-state index contributed by atoms with van der Waals surface area (Å²) in [6, 6.07) is 11.8. The van der Waals surface area contributed by atoms with Crippen LogP contribution < -0.4 is 15.4 Å². The lowest BCUT2D eigenvalue weighted by atomic mass is 9.97. The van der Waals surface area contributed by atoms with E-state index in [9.17, 15) is 14.4 Å². The topological polar surface area (TPSA) is 93.7 Å². The Kier molecular flexibility index (Phi) is 6.72. The van der Waals surface area contributed by atoms with Gasteiger partial charge in [-0.2, -0.15) is 0 Å². The van der Waals surface area contributed by atoms with Gasteiger partial charge >= 0.3 is 5.97 Å². The molecule has 0 saturated carbocycles. The molecule has 2 N–H and O–H groups in total. The fourth-order valence-corrected chi connectivity index (χ4v) is 3.16. The summed E-state index contributed by atoms with van der Waals surface area (Å²) in [7, 11) is 0. The molecule has 0 fully saturated rings. The van der Waals surface area contributed by atoms with Crippen molar-refractivity contribution in [2.75, 3.05) is 25.1 Å². The number of nitrogens with one attached hydrogen (secondary N) is 2. The number of hydrogen-bond donors (Lipinski definition) is 2. The molecule has 0 spiro atoms. The Bertz CT molecular complexity index is 931. The van der Waals surface area contributed by atoms with Crippen LogP contribution in [0.15, 0.2) is 42.5 Å². The normalized spacial score (nSPS) is 14.9. The summed E-state index contributed by atoms with van der Waals surface area (Å²) >= 11 is 5.98. The zero-order chi connectivity index (χ0) is 20.8. The summed E-state index contributed by atoms with van der Waals surface area (Å²) < 4.78 is 10.7. The van der Waals surface area contributed by atoms with Gasteiger partial charge in [0.15, 0.2) is 6.61 Å². The number of esters is 1. The highest BCUT2D eigenvalue weighted by Crippen LogP contribution is 2.30. The van der Waals surface area contributed by atoms with Gasteiger partial charge in [0.25, 0.3) is 11.8 Å². The number of anilines is 1. The molecule has 0 aromatic heterocycles. The maximum Gasteiger partial charge on any atom is 0.313 e. The lowest BCUT2D eigenvalue weighted by molar-refractivity contribution is -0.152. The first kappa shape index (κ1) is 20.7. The molecule has 0 radical (unpaired) electrons. The number of hydrogen-bond acceptors (Lipinski definition) is 5. The third kappa shape index (κ3) is 5.48. The first-order chi connectivity index (χ1) is 14.0. The fraction of sp³-hybridized carbons (Fsp3) is 0.286. The van der Waals surface area contributed by atoms with Crippen LogP contribution in [-0.2, 0) is 20.7 Å². The molecular weight excluding hydrogens is 396 g/mol. The van der Waals surface area contributed by atoms with Gasteiger partial charge in [-0.15, -0.1) is 0 Å². The van der Waals surface area contributed by atoms with Gasteiger partial charge in [-0.25, -0.2) is 0 Å². The smallest absolute Gasteiger partial charge is 0.313 e. The van der Waals surface area contributed by atoms with E-state index in [-0.39, 0.29) is 12.5 Å². The Labute approximate surface area is 173 Å². The van der Waals surface area contributed by atoms with E-state index in [1.165, 1.54) is 0 Å². The van der Waals surface area contributed by atoms with Crippen molar-refractivity contribution in [1.29, 1.82) is 0 Å². The zero-order valence-corrected chi connectivity index (χ0v) is 16.6. The first-order valence-corrected chi connectivity index (χ1v) is 9.60. The predicted octanol–water partition coefficient (Wildman–Crippen LogP) is 2.82. The van der Waals surface area contributed by atoms with E-state index in [4.69, 9.17) is 21.1 Å². The Morgan fingerprint density at radius 3 is 2.83 bits per heavy atom. The number of amides is 2. The van der Waals surface area contributed by atoms with Crippen molar-refractivity contribution in [2.24, 2.45) is 5.92 Å².